The number of carbonyl (C=O) groups excluding carboxylic acids is 1. The lowest BCUT2D eigenvalue weighted by Crippen LogP contribution is -2.39. The summed E-state index contributed by atoms with van der Waals surface area (Å²) in [6, 6.07) is 16.1. The number of esters is 1. The van der Waals surface area contributed by atoms with Crippen molar-refractivity contribution in [1.82, 2.24) is 9.80 Å². The van der Waals surface area contributed by atoms with Crippen LogP contribution in [-0.2, 0) is 16.0 Å². The maximum atomic E-state index is 11.4. The van der Waals surface area contributed by atoms with Gasteiger partial charge in [0.05, 0.1) is 7.11 Å². The summed E-state index contributed by atoms with van der Waals surface area (Å²) in [6.45, 7) is 8.24. The molecular formula is C28H42N2O2. The number of carbonyl (C=O) groups is 1. The SMILES string of the molecule is COC(=O)CCCCCN(CCCN1CCCCC1C)CCc1cccc2ccccc12. The molecule has 2 aromatic rings. The Balaban J connectivity index is 1.51. The third kappa shape index (κ3) is 7.90. The van der Waals surface area contributed by atoms with Gasteiger partial charge in [-0.15, -0.1) is 0 Å². The van der Waals surface area contributed by atoms with Gasteiger partial charge in [-0.25, -0.2) is 0 Å². The van der Waals surface area contributed by atoms with Gasteiger partial charge in [0.25, 0.3) is 0 Å². The van der Waals surface area contributed by atoms with Gasteiger partial charge in [0.1, 0.15) is 0 Å². The Bertz CT molecular complexity index is 817. The number of ether oxygens (including phenoxy) is 1. The van der Waals surface area contributed by atoms with Crippen LogP contribution in [0.25, 0.3) is 10.8 Å². The lowest BCUT2D eigenvalue weighted by Gasteiger charge is -2.34. The summed E-state index contributed by atoms with van der Waals surface area (Å²) in [5, 5.41) is 2.72. The maximum Gasteiger partial charge on any atom is 0.305 e. The van der Waals surface area contributed by atoms with Gasteiger partial charge in [-0.1, -0.05) is 55.3 Å². The van der Waals surface area contributed by atoms with E-state index in [2.05, 4.69) is 59.2 Å². The zero-order valence-electron chi connectivity index (χ0n) is 20.2. The van der Waals surface area contributed by atoms with E-state index in [0.29, 0.717) is 6.42 Å². The summed E-state index contributed by atoms with van der Waals surface area (Å²) >= 11 is 0. The topological polar surface area (TPSA) is 32.8 Å². The van der Waals surface area contributed by atoms with Gasteiger partial charge < -0.3 is 14.5 Å². The third-order valence-electron chi connectivity index (χ3n) is 7.02. The molecule has 2 aromatic carbocycles. The second-order valence-corrected chi connectivity index (χ2v) is 9.35. The van der Waals surface area contributed by atoms with E-state index in [4.69, 9.17) is 4.74 Å². The lowest BCUT2D eigenvalue weighted by molar-refractivity contribution is -0.140. The molecule has 1 heterocycles. The highest BCUT2D eigenvalue weighted by Crippen LogP contribution is 2.20. The Hall–Kier alpha value is -1.91. The molecule has 1 aliphatic heterocycles. The molecule has 4 nitrogen and oxygen atoms in total. The highest BCUT2D eigenvalue weighted by atomic mass is 16.5. The molecule has 0 aliphatic carbocycles. The van der Waals surface area contributed by atoms with Gasteiger partial charge in [-0.3, -0.25) is 4.79 Å². The summed E-state index contributed by atoms with van der Waals surface area (Å²) in [5.41, 5.74) is 1.45. The number of methoxy groups -OCH3 is 1. The fourth-order valence-electron chi connectivity index (χ4n) is 5.00. The van der Waals surface area contributed by atoms with E-state index in [0.717, 1.165) is 51.4 Å². The van der Waals surface area contributed by atoms with Gasteiger partial charge in [-0.2, -0.15) is 0 Å². The maximum absolute atomic E-state index is 11.4. The average Bonchev–Trinajstić information content (AvgIpc) is 2.82. The van der Waals surface area contributed by atoms with Gasteiger partial charge in [-0.05, 0) is 88.0 Å². The van der Waals surface area contributed by atoms with Gasteiger partial charge in [0.2, 0.25) is 0 Å². The van der Waals surface area contributed by atoms with Gasteiger partial charge in [0, 0.05) is 19.0 Å². The Morgan fingerprint density at radius 1 is 1.00 bits per heavy atom. The Labute approximate surface area is 194 Å². The van der Waals surface area contributed by atoms with E-state index in [1.165, 1.54) is 62.2 Å². The number of unbranched alkanes of at least 4 members (excludes halogenated alkanes) is 2. The number of fused-ring (bicyclic) bond motifs is 1. The van der Waals surface area contributed by atoms with Crippen molar-refractivity contribution in [2.75, 3.05) is 39.8 Å². The van der Waals surface area contributed by atoms with E-state index in [9.17, 15) is 4.79 Å². The number of piperidine rings is 1. The molecule has 0 saturated carbocycles. The summed E-state index contributed by atoms with van der Waals surface area (Å²) in [4.78, 5) is 16.7. The normalized spacial score (nSPS) is 17.2. The minimum absolute atomic E-state index is 0.0894. The molecule has 1 saturated heterocycles. The zero-order valence-corrected chi connectivity index (χ0v) is 20.2. The van der Waals surface area contributed by atoms with Crippen LogP contribution >= 0.6 is 0 Å². The first-order chi connectivity index (χ1) is 15.7. The van der Waals surface area contributed by atoms with Gasteiger partial charge >= 0.3 is 5.97 Å². The number of hydrogen-bond donors (Lipinski definition) is 0. The molecule has 1 unspecified atom stereocenters. The van der Waals surface area contributed by atoms with Gasteiger partial charge in [0.15, 0.2) is 0 Å². The molecule has 0 radical (unpaired) electrons. The van der Waals surface area contributed by atoms with Crippen molar-refractivity contribution >= 4 is 16.7 Å². The van der Waals surface area contributed by atoms with Crippen molar-refractivity contribution in [3.63, 3.8) is 0 Å². The van der Waals surface area contributed by atoms with E-state index in [1.807, 2.05) is 0 Å². The summed E-state index contributed by atoms with van der Waals surface area (Å²) < 4.78 is 4.77. The fourth-order valence-corrected chi connectivity index (χ4v) is 5.00. The molecule has 0 spiro atoms. The van der Waals surface area contributed by atoms with Crippen molar-refractivity contribution in [2.24, 2.45) is 0 Å². The molecule has 0 aromatic heterocycles. The van der Waals surface area contributed by atoms with Crippen molar-refractivity contribution < 1.29 is 9.53 Å². The monoisotopic (exact) mass is 438 g/mol. The Morgan fingerprint density at radius 2 is 1.81 bits per heavy atom. The molecule has 0 amide bonds. The second kappa shape index (κ2) is 13.6. The highest BCUT2D eigenvalue weighted by molar-refractivity contribution is 5.85. The van der Waals surface area contributed by atoms with Crippen LogP contribution < -0.4 is 0 Å². The van der Waals surface area contributed by atoms with Crippen molar-refractivity contribution in [3.05, 3.63) is 48.0 Å². The van der Waals surface area contributed by atoms with Crippen LogP contribution in [0.2, 0.25) is 0 Å². The smallest absolute Gasteiger partial charge is 0.305 e. The molecule has 1 fully saturated rings. The zero-order chi connectivity index (χ0) is 22.6. The first-order valence-corrected chi connectivity index (χ1v) is 12.7. The van der Waals surface area contributed by atoms with E-state index >= 15 is 0 Å². The number of nitrogens with zero attached hydrogens (tertiary/aromatic N) is 2. The molecule has 4 heteroatoms. The Morgan fingerprint density at radius 3 is 2.66 bits per heavy atom. The first kappa shape index (κ1) is 24.7. The predicted molar refractivity (Wildman–Crippen MR) is 134 cm³/mol. The third-order valence-corrected chi connectivity index (χ3v) is 7.02. The number of rotatable bonds is 13. The summed E-state index contributed by atoms with van der Waals surface area (Å²) in [6.07, 6.45) is 10.1. The second-order valence-electron chi connectivity index (χ2n) is 9.35. The summed E-state index contributed by atoms with van der Waals surface area (Å²) in [7, 11) is 1.47. The largest absolute Gasteiger partial charge is 0.469 e. The minimum atomic E-state index is -0.0894. The predicted octanol–water partition coefficient (Wildman–Crippen LogP) is 5.68. The van der Waals surface area contributed by atoms with Crippen LogP contribution in [0.4, 0.5) is 0 Å². The van der Waals surface area contributed by atoms with Crippen LogP contribution in [0.3, 0.4) is 0 Å². The van der Waals surface area contributed by atoms with Crippen LogP contribution in [-0.4, -0.2) is 61.6 Å². The Kier molecular flexibility index (Phi) is 10.5. The van der Waals surface area contributed by atoms with E-state index < -0.39 is 0 Å². The molecule has 1 atom stereocenters. The van der Waals surface area contributed by atoms with Crippen LogP contribution in [0.15, 0.2) is 42.5 Å². The molecule has 1 aliphatic rings. The lowest BCUT2D eigenvalue weighted by atomic mass is 10.0. The fraction of sp³-hybridized carbons (Fsp3) is 0.607. The number of hydrogen-bond acceptors (Lipinski definition) is 4. The molecule has 3 rings (SSSR count). The van der Waals surface area contributed by atoms with E-state index in [1.54, 1.807) is 0 Å². The number of likely N-dealkylation sites (tertiary alicyclic amines) is 1. The number of benzene rings is 2. The molecule has 32 heavy (non-hydrogen) atoms. The van der Waals surface area contributed by atoms with Crippen LogP contribution in [0, 0.1) is 0 Å². The average molecular weight is 439 g/mol. The van der Waals surface area contributed by atoms with Crippen LogP contribution in [0.5, 0.6) is 0 Å². The molecule has 0 N–H and O–H groups in total. The first-order valence-electron chi connectivity index (χ1n) is 12.7. The van der Waals surface area contributed by atoms with E-state index in [-0.39, 0.29) is 5.97 Å². The quantitative estimate of drug-likeness (QED) is 0.297. The van der Waals surface area contributed by atoms with Crippen molar-refractivity contribution in [1.29, 1.82) is 0 Å². The highest BCUT2D eigenvalue weighted by Gasteiger charge is 2.18. The van der Waals surface area contributed by atoms with Crippen LogP contribution in [0.1, 0.15) is 63.9 Å². The van der Waals surface area contributed by atoms with Crippen molar-refractivity contribution in [3.8, 4) is 0 Å². The molecule has 0 bridgehead atoms. The molecule has 176 valence electrons. The molecular weight excluding hydrogens is 396 g/mol. The standard InChI is InChI=1S/C28H42N2O2/c1-24-12-7-9-21-30(24)22-11-20-29(19-8-3-4-17-28(31)32-2)23-18-26-15-10-14-25-13-5-6-16-27(25)26/h5-6,10,13-16,24H,3-4,7-9,11-12,17-23H2,1-2H3. The minimum Gasteiger partial charge on any atom is -0.469 e. The summed E-state index contributed by atoms with van der Waals surface area (Å²) in [5.74, 6) is -0.0894. The van der Waals surface area contributed by atoms with Crippen molar-refractivity contribution in [2.45, 2.75) is 70.8 Å².